The maximum Gasteiger partial charge on any atom is 0.247 e. The number of benzene rings is 2. The molecule has 9 heteroatoms. The van der Waals surface area contributed by atoms with Gasteiger partial charge in [-0.3, -0.25) is 5.10 Å². The Kier molecular flexibility index (Phi) is 5.31. The predicted molar refractivity (Wildman–Crippen MR) is 107 cm³/mol. The van der Waals surface area contributed by atoms with Crippen molar-refractivity contribution in [2.45, 2.75) is 17.8 Å². The van der Waals surface area contributed by atoms with Crippen molar-refractivity contribution in [2.24, 2.45) is 0 Å². The number of ether oxygens (including phenoxy) is 1. The molecule has 0 fully saturated rings. The molecule has 0 unspecified atom stereocenters. The average Bonchev–Trinajstić information content (AvgIpc) is 3.36. The first kappa shape index (κ1) is 18.5. The van der Waals surface area contributed by atoms with E-state index in [1.807, 2.05) is 31.2 Å². The maximum absolute atomic E-state index is 6.08. The van der Waals surface area contributed by atoms with E-state index in [1.165, 1.54) is 11.8 Å². The van der Waals surface area contributed by atoms with Gasteiger partial charge < -0.3 is 9.15 Å². The van der Waals surface area contributed by atoms with Crippen molar-refractivity contribution in [3.63, 3.8) is 0 Å². The molecule has 0 aliphatic rings. The van der Waals surface area contributed by atoms with Gasteiger partial charge in [-0.15, -0.1) is 15.3 Å². The minimum absolute atomic E-state index is 0.461. The highest BCUT2D eigenvalue weighted by molar-refractivity contribution is 7.98. The van der Waals surface area contributed by atoms with Gasteiger partial charge in [-0.1, -0.05) is 41.1 Å². The van der Waals surface area contributed by atoms with Gasteiger partial charge >= 0.3 is 0 Å². The van der Waals surface area contributed by atoms with Crippen LogP contribution in [0.5, 0.6) is 5.75 Å². The Balaban J connectivity index is 1.46. The number of rotatable bonds is 6. The third-order valence-corrected chi connectivity index (χ3v) is 5.01. The molecule has 0 atom stereocenters. The Bertz CT molecular complexity index is 1110. The van der Waals surface area contributed by atoms with Crippen LogP contribution in [0.4, 0.5) is 0 Å². The van der Waals surface area contributed by atoms with E-state index in [0.29, 0.717) is 39.3 Å². The average molecular weight is 414 g/mol. The third kappa shape index (κ3) is 4.02. The SMILES string of the molecule is COc1ccc(Cl)cc1-c1nc(SCc2nnc(-c3cccc(C)c3)o2)n[nH]1. The van der Waals surface area contributed by atoms with Crippen LogP contribution in [0.1, 0.15) is 11.5 Å². The summed E-state index contributed by atoms with van der Waals surface area (Å²) in [5.41, 5.74) is 2.78. The van der Waals surface area contributed by atoms with Crippen LogP contribution in [0, 0.1) is 6.92 Å². The lowest BCUT2D eigenvalue weighted by Gasteiger charge is -2.05. The van der Waals surface area contributed by atoms with Crippen molar-refractivity contribution in [1.29, 1.82) is 0 Å². The lowest BCUT2D eigenvalue weighted by Crippen LogP contribution is -1.89. The summed E-state index contributed by atoms with van der Waals surface area (Å²) in [6.07, 6.45) is 0. The van der Waals surface area contributed by atoms with E-state index in [1.54, 1.807) is 25.3 Å². The minimum Gasteiger partial charge on any atom is -0.496 e. The monoisotopic (exact) mass is 413 g/mol. The smallest absolute Gasteiger partial charge is 0.247 e. The first-order valence-corrected chi connectivity index (χ1v) is 9.77. The van der Waals surface area contributed by atoms with Crippen LogP contribution in [-0.2, 0) is 5.75 Å². The second-order valence-corrected chi connectivity index (χ2v) is 7.35. The van der Waals surface area contributed by atoms with Crippen LogP contribution < -0.4 is 4.74 Å². The van der Waals surface area contributed by atoms with Gasteiger partial charge in [0.1, 0.15) is 5.75 Å². The number of aryl methyl sites for hydroxylation is 1. The molecule has 1 N–H and O–H groups in total. The van der Waals surface area contributed by atoms with E-state index in [2.05, 4.69) is 25.4 Å². The van der Waals surface area contributed by atoms with Gasteiger partial charge in [0.2, 0.25) is 16.9 Å². The highest BCUT2D eigenvalue weighted by Crippen LogP contribution is 2.31. The summed E-state index contributed by atoms with van der Waals surface area (Å²) in [4.78, 5) is 4.49. The number of aromatic amines is 1. The molecule has 28 heavy (non-hydrogen) atoms. The molecule has 0 saturated heterocycles. The molecule has 4 rings (SSSR count). The molecule has 0 amide bonds. The van der Waals surface area contributed by atoms with Crippen molar-refractivity contribution < 1.29 is 9.15 Å². The highest BCUT2D eigenvalue weighted by Gasteiger charge is 2.14. The van der Waals surface area contributed by atoms with Gasteiger partial charge in [0.05, 0.1) is 18.4 Å². The molecular formula is C19H16ClN5O2S. The fourth-order valence-electron chi connectivity index (χ4n) is 2.63. The molecule has 142 valence electrons. The lowest BCUT2D eigenvalue weighted by molar-refractivity contribution is 0.416. The van der Waals surface area contributed by atoms with E-state index >= 15 is 0 Å². The summed E-state index contributed by atoms with van der Waals surface area (Å²) in [6, 6.07) is 13.3. The summed E-state index contributed by atoms with van der Waals surface area (Å²) < 4.78 is 11.1. The first-order valence-electron chi connectivity index (χ1n) is 8.41. The summed E-state index contributed by atoms with van der Waals surface area (Å²) in [6.45, 7) is 2.02. The molecule has 0 aliphatic heterocycles. The third-order valence-electron chi connectivity index (χ3n) is 3.94. The van der Waals surface area contributed by atoms with Crippen LogP contribution in [0.15, 0.2) is 52.0 Å². The molecule has 7 nitrogen and oxygen atoms in total. The van der Waals surface area contributed by atoms with Crippen molar-refractivity contribution in [1.82, 2.24) is 25.4 Å². The van der Waals surface area contributed by atoms with E-state index < -0.39 is 0 Å². The van der Waals surface area contributed by atoms with Gasteiger partial charge in [-0.25, -0.2) is 4.98 Å². The molecule has 4 aromatic rings. The molecule has 2 aromatic carbocycles. The zero-order valence-electron chi connectivity index (χ0n) is 15.1. The van der Waals surface area contributed by atoms with Gasteiger partial charge in [0.25, 0.3) is 0 Å². The van der Waals surface area contributed by atoms with Crippen LogP contribution in [0.2, 0.25) is 5.02 Å². The summed E-state index contributed by atoms with van der Waals surface area (Å²) in [7, 11) is 1.60. The normalized spacial score (nSPS) is 11.0. The van der Waals surface area contributed by atoms with Crippen molar-refractivity contribution in [3.05, 3.63) is 58.9 Å². The Morgan fingerprint density at radius 2 is 2.07 bits per heavy atom. The number of hydrogen-bond acceptors (Lipinski definition) is 7. The molecule has 0 aliphatic carbocycles. The molecule has 0 spiro atoms. The Hall–Kier alpha value is -2.84. The molecule has 2 aromatic heterocycles. The molecule has 0 bridgehead atoms. The number of nitrogens with zero attached hydrogens (tertiary/aromatic N) is 4. The van der Waals surface area contributed by atoms with Gasteiger partial charge in [-0.05, 0) is 37.3 Å². The van der Waals surface area contributed by atoms with Crippen LogP contribution in [0.3, 0.4) is 0 Å². The Morgan fingerprint density at radius 3 is 2.89 bits per heavy atom. The molecule has 2 heterocycles. The molecule has 0 saturated carbocycles. The maximum atomic E-state index is 6.08. The summed E-state index contributed by atoms with van der Waals surface area (Å²) >= 11 is 7.48. The Morgan fingerprint density at radius 1 is 1.18 bits per heavy atom. The second kappa shape index (κ2) is 8.04. The fraction of sp³-hybridized carbons (Fsp3) is 0.158. The van der Waals surface area contributed by atoms with Gasteiger partial charge in [0, 0.05) is 10.6 Å². The summed E-state index contributed by atoms with van der Waals surface area (Å²) in [5, 5.41) is 16.5. The molecule has 0 radical (unpaired) electrons. The van der Waals surface area contributed by atoms with Crippen LogP contribution >= 0.6 is 23.4 Å². The largest absolute Gasteiger partial charge is 0.496 e. The van der Waals surface area contributed by atoms with Crippen molar-refractivity contribution >= 4 is 23.4 Å². The second-order valence-electron chi connectivity index (χ2n) is 5.97. The number of aromatic nitrogens is 5. The lowest BCUT2D eigenvalue weighted by atomic mass is 10.1. The van der Waals surface area contributed by atoms with E-state index in [-0.39, 0.29) is 0 Å². The number of halogens is 1. The number of H-pyrrole nitrogens is 1. The zero-order valence-corrected chi connectivity index (χ0v) is 16.7. The predicted octanol–water partition coefficient (Wildman–Crippen LogP) is 4.78. The number of methoxy groups -OCH3 is 1. The Labute approximate surface area is 170 Å². The van der Waals surface area contributed by atoms with Gasteiger partial charge in [0.15, 0.2) is 5.82 Å². The van der Waals surface area contributed by atoms with Crippen molar-refractivity contribution in [2.75, 3.05) is 7.11 Å². The minimum atomic E-state index is 0.461. The van der Waals surface area contributed by atoms with Gasteiger partial charge in [-0.2, -0.15) is 0 Å². The van der Waals surface area contributed by atoms with E-state index in [0.717, 1.165) is 16.7 Å². The van der Waals surface area contributed by atoms with Crippen LogP contribution in [-0.4, -0.2) is 32.5 Å². The van der Waals surface area contributed by atoms with E-state index in [9.17, 15) is 0 Å². The van der Waals surface area contributed by atoms with Crippen molar-refractivity contribution in [3.8, 4) is 28.6 Å². The highest BCUT2D eigenvalue weighted by atomic mass is 35.5. The number of nitrogens with one attached hydrogen (secondary N) is 1. The quantitative estimate of drug-likeness (QED) is 0.454. The first-order chi connectivity index (χ1) is 13.6. The fourth-order valence-corrected chi connectivity index (χ4v) is 3.44. The topological polar surface area (TPSA) is 89.7 Å². The van der Waals surface area contributed by atoms with Crippen LogP contribution in [0.25, 0.3) is 22.8 Å². The zero-order chi connectivity index (χ0) is 19.5. The number of thioether (sulfide) groups is 1. The molecular weight excluding hydrogens is 398 g/mol. The van der Waals surface area contributed by atoms with E-state index in [4.69, 9.17) is 20.8 Å². The summed E-state index contributed by atoms with van der Waals surface area (Å²) in [5.74, 6) is 2.71. The number of hydrogen-bond donors (Lipinski definition) is 1. The standard InChI is InChI=1S/C19H16ClN5O2S/c1-11-4-3-5-12(8-11)18-24-22-16(27-18)10-28-19-21-17(23-25-19)14-9-13(20)6-7-15(14)26-2/h3-9H,10H2,1-2H3,(H,21,23,25).